The fourth-order valence-corrected chi connectivity index (χ4v) is 3.51. The molecule has 1 saturated carbocycles. The van der Waals surface area contributed by atoms with E-state index in [-0.39, 0.29) is 5.71 Å². The number of hydrogen-bond donors (Lipinski definition) is 0. The summed E-state index contributed by atoms with van der Waals surface area (Å²) in [6.45, 7) is 1.94. The van der Waals surface area contributed by atoms with Crippen LogP contribution in [0.2, 0.25) is 0 Å². The minimum Gasteiger partial charge on any atom is -0.266 e. The quantitative estimate of drug-likeness (QED) is 0.569. The summed E-state index contributed by atoms with van der Waals surface area (Å²) in [5.41, 5.74) is 1.22. The maximum Gasteiger partial charge on any atom is 0.324 e. The van der Waals surface area contributed by atoms with Crippen LogP contribution in [0.3, 0.4) is 0 Å². The highest BCUT2D eigenvalue weighted by atomic mass is 19.3. The minimum absolute atomic E-state index is 0.0804. The van der Waals surface area contributed by atoms with Crippen LogP contribution >= 0.6 is 0 Å². The van der Waals surface area contributed by atoms with Crippen LogP contribution in [0.15, 0.2) is 47.7 Å². The van der Waals surface area contributed by atoms with Crippen LogP contribution in [0, 0.1) is 17.1 Å². The number of nitriles is 1. The van der Waals surface area contributed by atoms with Crippen LogP contribution in [-0.4, -0.2) is 32.3 Å². The van der Waals surface area contributed by atoms with Crippen molar-refractivity contribution in [1.82, 2.24) is 14.8 Å². The van der Waals surface area contributed by atoms with Gasteiger partial charge in [0.05, 0.1) is 28.9 Å². The second kappa shape index (κ2) is 7.30. The normalized spacial score (nSPS) is 16.7. The van der Waals surface area contributed by atoms with Gasteiger partial charge < -0.3 is 0 Å². The third kappa shape index (κ3) is 3.81. The summed E-state index contributed by atoms with van der Waals surface area (Å²) >= 11 is 0. The summed E-state index contributed by atoms with van der Waals surface area (Å²) in [4.78, 5) is 19.9. The van der Waals surface area contributed by atoms with Crippen LogP contribution in [0.25, 0.3) is 10.9 Å². The van der Waals surface area contributed by atoms with Gasteiger partial charge in [0.1, 0.15) is 11.9 Å². The molecule has 1 fully saturated rings. The van der Waals surface area contributed by atoms with Gasteiger partial charge in [0.2, 0.25) is 0 Å². The number of amides is 1. The lowest BCUT2D eigenvalue weighted by atomic mass is 10.00. The molecule has 4 rings (SSSR count). The SMILES string of the molecule is CC(=NC(=O)C(C)(F)F)[C@@H](c1ccc(C2(C#N)CC2)nc1)n1ncc2cc(F)ccc21. The molecule has 0 N–H and O–H groups in total. The van der Waals surface area contributed by atoms with Gasteiger partial charge in [-0.05, 0) is 44.0 Å². The lowest BCUT2D eigenvalue weighted by molar-refractivity contribution is -0.139. The summed E-state index contributed by atoms with van der Waals surface area (Å²) < 4.78 is 42.0. The highest BCUT2D eigenvalue weighted by molar-refractivity contribution is 6.00. The standard InChI is InChI=1S/C22H18F3N5O/c1-13(29-20(31)21(2,24)25)19(30-17-5-4-16(23)9-15(17)11-28-30)14-3-6-18(27-10-14)22(12-26)7-8-22/h3-6,9-11,19H,7-8H2,1-2H3/t19-/m0/s1. The van der Waals surface area contributed by atoms with Gasteiger partial charge in [0.15, 0.2) is 0 Å². The van der Waals surface area contributed by atoms with E-state index >= 15 is 0 Å². The van der Waals surface area contributed by atoms with Crippen LogP contribution < -0.4 is 0 Å². The number of benzene rings is 1. The van der Waals surface area contributed by atoms with E-state index in [0.29, 0.717) is 29.1 Å². The second-order valence-corrected chi connectivity index (χ2v) is 7.81. The van der Waals surface area contributed by atoms with Gasteiger partial charge in [-0.2, -0.15) is 19.1 Å². The average Bonchev–Trinajstić information content (AvgIpc) is 3.43. The Morgan fingerprint density at radius 2 is 2.03 bits per heavy atom. The molecule has 6 nitrogen and oxygen atoms in total. The molecule has 1 aromatic carbocycles. The van der Waals surface area contributed by atoms with Crippen molar-refractivity contribution < 1.29 is 18.0 Å². The van der Waals surface area contributed by atoms with E-state index in [9.17, 15) is 23.2 Å². The number of alkyl halides is 2. The van der Waals surface area contributed by atoms with Gasteiger partial charge in [-0.3, -0.25) is 14.5 Å². The predicted molar refractivity (Wildman–Crippen MR) is 107 cm³/mol. The molecule has 0 bridgehead atoms. The Kier molecular flexibility index (Phi) is 4.88. The zero-order valence-corrected chi connectivity index (χ0v) is 16.8. The van der Waals surface area contributed by atoms with Crippen molar-refractivity contribution >= 4 is 22.5 Å². The number of nitrogens with zero attached hydrogens (tertiary/aromatic N) is 5. The van der Waals surface area contributed by atoms with E-state index in [1.54, 1.807) is 12.1 Å². The average molecular weight is 425 g/mol. The Bertz CT molecular complexity index is 1230. The molecule has 158 valence electrons. The summed E-state index contributed by atoms with van der Waals surface area (Å²) in [6, 6.07) is 8.97. The number of carbonyl (C=O) groups excluding carboxylic acids is 1. The number of aromatic nitrogens is 3. The molecule has 1 atom stereocenters. The molecule has 0 spiro atoms. The second-order valence-electron chi connectivity index (χ2n) is 7.81. The van der Waals surface area contributed by atoms with Crippen molar-refractivity contribution in [1.29, 1.82) is 5.26 Å². The van der Waals surface area contributed by atoms with Gasteiger partial charge in [-0.15, -0.1) is 0 Å². The third-order valence-corrected chi connectivity index (χ3v) is 5.41. The van der Waals surface area contributed by atoms with Crippen molar-refractivity contribution in [3.05, 3.63) is 59.8 Å². The first kappa shape index (κ1) is 20.7. The smallest absolute Gasteiger partial charge is 0.266 e. The topological polar surface area (TPSA) is 83.9 Å². The molecule has 0 unspecified atom stereocenters. The van der Waals surface area contributed by atoms with E-state index in [2.05, 4.69) is 21.1 Å². The molecule has 2 heterocycles. The number of halogens is 3. The molecular weight excluding hydrogens is 407 g/mol. The summed E-state index contributed by atoms with van der Waals surface area (Å²) in [6.07, 6.45) is 4.44. The number of pyridine rings is 1. The van der Waals surface area contributed by atoms with E-state index in [1.165, 1.54) is 42.2 Å². The summed E-state index contributed by atoms with van der Waals surface area (Å²) in [7, 11) is 0. The molecule has 1 aliphatic carbocycles. The maximum atomic E-state index is 13.6. The monoisotopic (exact) mass is 425 g/mol. The largest absolute Gasteiger partial charge is 0.324 e. The van der Waals surface area contributed by atoms with Crippen molar-refractivity contribution in [2.75, 3.05) is 0 Å². The molecule has 9 heteroatoms. The fourth-order valence-electron chi connectivity index (χ4n) is 3.51. The highest BCUT2D eigenvalue weighted by Crippen LogP contribution is 2.46. The number of hydrogen-bond acceptors (Lipinski definition) is 4. The van der Waals surface area contributed by atoms with Gasteiger partial charge in [0.25, 0.3) is 0 Å². The van der Waals surface area contributed by atoms with Gasteiger partial charge in [-0.1, -0.05) is 6.07 Å². The zero-order valence-electron chi connectivity index (χ0n) is 16.8. The minimum atomic E-state index is -3.62. The fraction of sp³-hybridized carbons (Fsp3) is 0.318. The van der Waals surface area contributed by atoms with Crippen LogP contribution in [0.5, 0.6) is 0 Å². The van der Waals surface area contributed by atoms with E-state index in [4.69, 9.17) is 0 Å². The molecule has 2 aromatic heterocycles. The Morgan fingerprint density at radius 1 is 1.29 bits per heavy atom. The molecular formula is C22H18F3N5O. The lowest BCUT2D eigenvalue weighted by Gasteiger charge is -2.20. The molecule has 1 amide bonds. The van der Waals surface area contributed by atoms with Crippen LogP contribution in [-0.2, 0) is 10.2 Å². The highest BCUT2D eigenvalue weighted by Gasteiger charge is 2.46. The lowest BCUT2D eigenvalue weighted by Crippen LogP contribution is -2.27. The number of rotatable bonds is 5. The molecule has 0 aliphatic heterocycles. The van der Waals surface area contributed by atoms with Gasteiger partial charge in [0, 0.05) is 29.8 Å². The van der Waals surface area contributed by atoms with Crippen LogP contribution in [0.4, 0.5) is 13.2 Å². The first-order valence-corrected chi connectivity index (χ1v) is 9.62. The Hall–Kier alpha value is -3.54. The molecule has 1 aliphatic rings. The number of aliphatic imine (C=N–C) groups is 1. The van der Waals surface area contributed by atoms with Crippen molar-refractivity contribution in [2.45, 2.75) is 44.1 Å². The van der Waals surface area contributed by atoms with E-state index < -0.39 is 29.1 Å². The first-order valence-electron chi connectivity index (χ1n) is 9.62. The summed E-state index contributed by atoms with van der Waals surface area (Å²) in [5.74, 6) is -5.62. The Labute approximate surface area is 176 Å². The van der Waals surface area contributed by atoms with Gasteiger partial charge in [-0.25, -0.2) is 9.38 Å². The predicted octanol–water partition coefficient (Wildman–Crippen LogP) is 4.36. The summed E-state index contributed by atoms with van der Waals surface area (Å²) in [5, 5.41) is 14.2. The number of carbonyl (C=O) groups is 1. The van der Waals surface area contributed by atoms with Crippen molar-refractivity contribution in [3.63, 3.8) is 0 Å². The number of fused-ring (bicyclic) bond motifs is 1. The van der Waals surface area contributed by atoms with E-state index in [0.717, 1.165) is 12.8 Å². The zero-order chi connectivity index (χ0) is 22.4. The van der Waals surface area contributed by atoms with Crippen molar-refractivity contribution in [3.8, 4) is 6.07 Å². The third-order valence-electron chi connectivity index (χ3n) is 5.41. The molecule has 31 heavy (non-hydrogen) atoms. The van der Waals surface area contributed by atoms with E-state index in [1.807, 2.05) is 0 Å². The maximum absolute atomic E-state index is 13.6. The molecule has 0 radical (unpaired) electrons. The van der Waals surface area contributed by atoms with Crippen molar-refractivity contribution in [2.24, 2.45) is 4.99 Å². The Balaban J connectivity index is 1.82. The first-order chi connectivity index (χ1) is 14.6. The molecule has 0 saturated heterocycles. The molecule has 3 aromatic rings. The Morgan fingerprint density at radius 3 is 2.61 bits per heavy atom. The van der Waals surface area contributed by atoms with Crippen LogP contribution in [0.1, 0.15) is 44.0 Å². The van der Waals surface area contributed by atoms with Gasteiger partial charge >= 0.3 is 11.8 Å².